The number of fused-ring (bicyclic) bond motifs is 1. The van der Waals surface area contributed by atoms with Crippen LogP contribution in [0.2, 0.25) is 0 Å². The summed E-state index contributed by atoms with van der Waals surface area (Å²) >= 11 is 7.52. The summed E-state index contributed by atoms with van der Waals surface area (Å²) < 4.78 is 0. The summed E-state index contributed by atoms with van der Waals surface area (Å²) in [5, 5.41) is 2.31. The first-order chi connectivity index (χ1) is 30.6. The Bertz CT molecular complexity index is 1930. The molecule has 0 spiro atoms. The maximum atomic E-state index is 5.38. The van der Waals surface area contributed by atoms with Gasteiger partial charge in [0.2, 0.25) is 0 Å². The molecule has 0 radical (unpaired) electrons. The number of nitrogens with zero attached hydrogens (tertiary/aromatic N) is 2. The van der Waals surface area contributed by atoms with E-state index in [0.29, 0.717) is 0 Å². The molecule has 0 unspecified atom stereocenters. The zero-order valence-corrected chi connectivity index (χ0v) is 42.4. The van der Waals surface area contributed by atoms with Gasteiger partial charge in [-0.2, -0.15) is 0 Å². The largest absolute Gasteiger partial charge is 0.222 e. The lowest BCUT2D eigenvalue weighted by Gasteiger charge is -2.04. The van der Waals surface area contributed by atoms with E-state index >= 15 is 0 Å². The van der Waals surface area contributed by atoms with Gasteiger partial charge in [-0.3, -0.25) is 0 Å². The first kappa shape index (κ1) is 48.8. The van der Waals surface area contributed by atoms with Gasteiger partial charge < -0.3 is 0 Å². The fourth-order valence-corrected chi connectivity index (χ4v) is 13.5. The molecule has 6 aromatic rings. The second-order valence-corrected chi connectivity index (χ2v) is 22.1. The fourth-order valence-electron chi connectivity index (χ4n) is 8.79. The summed E-state index contributed by atoms with van der Waals surface area (Å²) in [6.45, 7) is 9.21. The summed E-state index contributed by atoms with van der Waals surface area (Å²) in [7, 11) is 0. The maximum absolute atomic E-state index is 5.38. The summed E-state index contributed by atoms with van der Waals surface area (Å²) in [6, 6.07) is 24.0. The highest BCUT2D eigenvalue weighted by Crippen LogP contribution is 2.46. The number of thiophene rings is 2. The number of unbranched alkanes of at least 4 members (excludes halogenated alkanes) is 20. The molecule has 0 saturated heterocycles. The molecule has 0 aliphatic heterocycles. The molecule has 0 atom stereocenters. The van der Waals surface area contributed by atoms with Crippen molar-refractivity contribution in [2.75, 3.05) is 0 Å². The van der Waals surface area contributed by atoms with E-state index in [9.17, 15) is 0 Å². The zero-order chi connectivity index (χ0) is 43.2. The maximum Gasteiger partial charge on any atom is 0.155 e. The van der Waals surface area contributed by atoms with E-state index in [0.717, 1.165) is 32.5 Å². The lowest BCUT2D eigenvalue weighted by Crippen LogP contribution is -1.87. The van der Waals surface area contributed by atoms with E-state index in [-0.39, 0.29) is 0 Å². The van der Waals surface area contributed by atoms with Crippen molar-refractivity contribution < 1.29 is 0 Å². The Kier molecular flexibility index (Phi) is 21.8. The molecule has 336 valence electrons. The van der Waals surface area contributed by atoms with Crippen molar-refractivity contribution >= 4 is 55.0 Å². The van der Waals surface area contributed by atoms with E-state index in [1.54, 1.807) is 0 Å². The predicted octanol–water partition coefficient (Wildman–Crippen LogP) is 20.2. The molecule has 6 heteroatoms. The van der Waals surface area contributed by atoms with E-state index < -0.39 is 0 Å². The second-order valence-electron chi connectivity index (χ2n) is 18.0. The second kappa shape index (κ2) is 27.6. The van der Waals surface area contributed by atoms with Crippen LogP contribution in [0.1, 0.15) is 204 Å². The van der Waals surface area contributed by atoms with Gasteiger partial charge in [-0.05, 0) is 96.9 Å². The van der Waals surface area contributed by atoms with E-state index in [1.165, 1.54) is 220 Å². The van der Waals surface area contributed by atoms with Crippen LogP contribution in [0, 0.1) is 0 Å². The molecule has 0 fully saturated rings. The van der Waals surface area contributed by atoms with Gasteiger partial charge in [0.25, 0.3) is 0 Å². The lowest BCUT2D eigenvalue weighted by atomic mass is 10.0. The monoisotopic (exact) mass is 907 g/mol. The van der Waals surface area contributed by atoms with Gasteiger partial charge in [0, 0.05) is 9.75 Å². The standard InChI is InChI=1S/C56H78N2S4/c1-5-9-13-17-21-25-29-43-33-37-45(38-34-43)49-41-47(31-27-23-19-15-11-7-3)51(59-49)53-57-55-56(61-53)58-54(62-55)52-48(32-28-24-20-16-12-8-4)42-50(60-52)46-39-35-44(36-40-46)30-26-22-18-14-10-6-2/h33-42H,5-32H2,1-4H3. The third-order valence-corrected chi connectivity index (χ3v) is 17.5. The minimum atomic E-state index is 1.10. The predicted molar refractivity (Wildman–Crippen MR) is 281 cm³/mol. The highest BCUT2D eigenvalue weighted by atomic mass is 32.1. The molecule has 0 aliphatic rings. The first-order valence-corrected chi connectivity index (χ1v) is 28.6. The third-order valence-electron chi connectivity index (χ3n) is 12.7. The summed E-state index contributed by atoms with van der Waals surface area (Å²) in [6.07, 6.45) is 36.7. The fraction of sp³-hybridized carbons (Fsp3) is 0.571. The van der Waals surface area contributed by atoms with Gasteiger partial charge in [-0.15, -0.1) is 22.7 Å². The minimum absolute atomic E-state index is 1.10. The molecule has 4 heterocycles. The number of aromatic nitrogens is 2. The van der Waals surface area contributed by atoms with Crippen molar-refractivity contribution in [3.05, 3.63) is 82.9 Å². The van der Waals surface area contributed by atoms with Crippen molar-refractivity contribution in [2.24, 2.45) is 0 Å². The molecule has 0 amide bonds. The van der Waals surface area contributed by atoms with Gasteiger partial charge in [0.1, 0.15) is 10.0 Å². The van der Waals surface area contributed by atoms with Gasteiger partial charge in [-0.25, -0.2) is 9.97 Å². The van der Waals surface area contributed by atoms with E-state index in [4.69, 9.17) is 9.97 Å². The quantitative estimate of drug-likeness (QED) is 0.0394. The van der Waals surface area contributed by atoms with Gasteiger partial charge in [0.15, 0.2) is 9.66 Å². The van der Waals surface area contributed by atoms with Crippen LogP contribution in [-0.2, 0) is 25.7 Å². The Labute approximate surface area is 393 Å². The van der Waals surface area contributed by atoms with Crippen molar-refractivity contribution in [1.29, 1.82) is 0 Å². The van der Waals surface area contributed by atoms with Gasteiger partial charge in [-0.1, -0.05) is 227 Å². The van der Waals surface area contributed by atoms with Crippen molar-refractivity contribution in [2.45, 2.75) is 207 Å². The SMILES string of the molecule is CCCCCCCCc1ccc(-c2cc(CCCCCCCC)c(-c3nc4sc(-c5sc(-c6ccc(CCCCCCCC)cc6)cc5CCCCCCCC)nc4s3)s2)cc1. The molecule has 0 saturated carbocycles. The summed E-state index contributed by atoms with van der Waals surface area (Å²) in [4.78, 5) is 18.4. The van der Waals surface area contributed by atoms with Crippen LogP contribution in [0.3, 0.4) is 0 Å². The molecule has 6 rings (SSSR count). The Morgan fingerprint density at radius 2 is 0.645 bits per heavy atom. The van der Waals surface area contributed by atoms with Gasteiger partial charge >= 0.3 is 0 Å². The van der Waals surface area contributed by atoms with E-state index in [1.807, 2.05) is 45.3 Å². The number of hydrogen-bond donors (Lipinski definition) is 0. The summed E-state index contributed by atoms with van der Waals surface area (Å²) in [5.41, 5.74) is 8.57. The average molecular weight is 908 g/mol. The Balaban J connectivity index is 1.19. The van der Waals surface area contributed by atoms with Crippen LogP contribution in [-0.4, -0.2) is 9.97 Å². The minimum Gasteiger partial charge on any atom is -0.222 e. The third kappa shape index (κ3) is 15.2. The number of rotatable bonds is 32. The molecule has 2 aromatic carbocycles. The average Bonchev–Trinajstić information content (AvgIpc) is 4.09. The highest BCUT2D eigenvalue weighted by Gasteiger charge is 2.21. The highest BCUT2D eigenvalue weighted by molar-refractivity contribution is 7.32. The van der Waals surface area contributed by atoms with Crippen molar-refractivity contribution in [3.63, 3.8) is 0 Å². The van der Waals surface area contributed by atoms with Crippen LogP contribution in [0.15, 0.2) is 60.7 Å². The Morgan fingerprint density at radius 1 is 0.339 bits per heavy atom. The zero-order valence-electron chi connectivity index (χ0n) is 39.1. The lowest BCUT2D eigenvalue weighted by molar-refractivity contribution is 0.607. The number of thiazole rings is 2. The van der Waals surface area contributed by atoms with Gasteiger partial charge in [0.05, 0.1) is 9.75 Å². The molecule has 0 N–H and O–H groups in total. The van der Waals surface area contributed by atoms with Crippen LogP contribution in [0.4, 0.5) is 0 Å². The number of aryl methyl sites for hydroxylation is 4. The number of benzene rings is 2. The van der Waals surface area contributed by atoms with Crippen molar-refractivity contribution in [1.82, 2.24) is 9.97 Å². The first-order valence-electron chi connectivity index (χ1n) is 25.3. The topological polar surface area (TPSA) is 25.8 Å². The van der Waals surface area contributed by atoms with Crippen molar-refractivity contribution in [3.8, 4) is 40.7 Å². The molecular weight excluding hydrogens is 829 g/mol. The Morgan fingerprint density at radius 3 is 0.984 bits per heavy atom. The summed E-state index contributed by atoms with van der Waals surface area (Å²) in [5.74, 6) is 0. The molecule has 62 heavy (non-hydrogen) atoms. The smallest absolute Gasteiger partial charge is 0.155 e. The molecular formula is C56H78N2S4. The van der Waals surface area contributed by atoms with Crippen LogP contribution < -0.4 is 0 Å². The molecule has 4 aromatic heterocycles. The van der Waals surface area contributed by atoms with E-state index in [2.05, 4.69) is 88.4 Å². The molecule has 0 aliphatic carbocycles. The van der Waals surface area contributed by atoms with Crippen LogP contribution >= 0.6 is 45.3 Å². The van der Waals surface area contributed by atoms with Crippen LogP contribution in [0.25, 0.3) is 50.3 Å². The molecule has 2 nitrogen and oxygen atoms in total. The normalized spacial score (nSPS) is 11.7. The van der Waals surface area contributed by atoms with Crippen LogP contribution in [0.5, 0.6) is 0 Å². The molecule has 0 bridgehead atoms. The number of hydrogen-bond acceptors (Lipinski definition) is 6. The Hall–Kier alpha value is -2.64.